The first kappa shape index (κ1) is 26.2. The van der Waals surface area contributed by atoms with Crippen molar-refractivity contribution in [3.05, 3.63) is 86.3 Å². The second-order valence-electron chi connectivity index (χ2n) is 10.5. The Morgan fingerprint density at radius 1 is 0.949 bits per heavy atom. The minimum Gasteiger partial charge on any atom is -0.379 e. The zero-order valence-corrected chi connectivity index (χ0v) is 22.8. The van der Waals surface area contributed by atoms with Crippen LogP contribution >= 0.6 is 11.6 Å². The van der Waals surface area contributed by atoms with Crippen LogP contribution in [0.15, 0.2) is 53.6 Å². The van der Waals surface area contributed by atoms with Crippen molar-refractivity contribution in [2.75, 3.05) is 59.0 Å². The van der Waals surface area contributed by atoms with Crippen LogP contribution in [0.3, 0.4) is 0 Å². The Morgan fingerprint density at radius 2 is 1.69 bits per heavy atom. The number of piperazine rings is 1. The van der Waals surface area contributed by atoms with E-state index in [1.165, 1.54) is 5.56 Å². The van der Waals surface area contributed by atoms with E-state index in [9.17, 15) is 9.59 Å². The lowest BCUT2D eigenvalue weighted by molar-refractivity contribution is 0.0342. The van der Waals surface area contributed by atoms with Crippen molar-refractivity contribution in [3.8, 4) is 0 Å². The van der Waals surface area contributed by atoms with Crippen LogP contribution in [-0.2, 0) is 24.2 Å². The van der Waals surface area contributed by atoms with Gasteiger partial charge in [-0.25, -0.2) is 0 Å². The fraction of sp³-hybridized carbons (Fsp3) is 0.400. The summed E-state index contributed by atoms with van der Waals surface area (Å²) in [6.45, 7) is 9.35. The van der Waals surface area contributed by atoms with Gasteiger partial charge in [0.2, 0.25) is 5.43 Å². The Labute approximate surface area is 232 Å². The monoisotopic (exact) mass is 547 g/mol. The maximum atomic E-state index is 13.8. The number of carbonyl (C=O) groups is 1. The molecule has 2 fully saturated rings. The Hall–Kier alpha value is -3.01. The number of aromatic nitrogens is 1. The van der Waals surface area contributed by atoms with Crippen molar-refractivity contribution in [1.29, 1.82) is 0 Å². The van der Waals surface area contributed by atoms with Crippen molar-refractivity contribution in [1.82, 2.24) is 24.8 Å². The lowest BCUT2D eigenvalue weighted by Crippen LogP contribution is -2.44. The maximum Gasteiger partial charge on any atom is 0.257 e. The van der Waals surface area contributed by atoms with Crippen LogP contribution < -0.4 is 16.1 Å². The Kier molecular flexibility index (Phi) is 7.81. The molecule has 9 heteroatoms. The van der Waals surface area contributed by atoms with Gasteiger partial charge in [0.05, 0.1) is 18.7 Å². The fourth-order valence-electron chi connectivity index (χ4n) is 5.70. The van der Waals surface area contributed by atoms with Crippen molar-refractivity contribution < 1.29 is 9.53 Å². The number of rotatable bonds is 8. The zero-order valence-electron chi connectivity index (χ0n) is 22.0. The average molecular weight is 548 g/mol. The fourth-order valence-corrected chi connectivity index (χ4v) is 5.83. The predicted octanol–water partition coefficient (Wildman–Crippen LogP) is 2.75. The van der Waals surface area contributed by atoms with E-state index in [1.807, 2.05) is 22.6 Å². The molecule has 0 unspecified atom stereocenters. The Morgan fingerprint density at radius 3 is 2.46 bits per heavy atom. The summed E-state index contributed by atoms with van der Waals surface area (Å²) in [6.07, 6.45) is 4.70. The number of nitrogens with one attached hydrogen (secondary N) is 2. The van der Waals surface area contributed by atoms with E-state index >= 15 is 0 Å². The Bertz CT molecular complexity index is 1510. The molecule has 39 heavy (non-hydrogen) atoms. The number of nitrogens with zero attached hydrogens (tertiary/aromatic N) is 3. The van der Waals surface area contributed by atoms with Gasteiger partial charge in [0.15, 0.2) is 0 Å². The van der Waals surface area contributed by atoms with Crippen molar-refractivity contribution >= 4 is 33.8 Å². The summed E-state index contributed by atoms with van der Waals surface area (Å²) >= 11 is 5.99. The van der Waals surface area contributed by atoms with E-state index in [0.717, 1.165) is 94.0 Å². The number of halogens is 1. The van der Waals surface area contributed by atoms with E-state index in [1.54, 1.807) is 18.3 Å². The molecular weight excluding hydrogens is 514 g/mol. The molecule has 0 atom stereocenters. The number of carbonyl (C=O) groups excluding carboxylic acids is 1. The Balaban J connectivity index is 1.34. The van der Waals surface area contributed by atoms with Gasteiger partial charge >= 0.3 is 0 Å². The van der Waals surface area contributed by atoms with Crippen molar-refractivity contribution in [2.45, 2.75) is 19.5 Å². The molecule has 1 amide bonds. The summed E-state index contributed by atoms with van der Waals surface area (Å²) in [7, 11) is 0. The van der Waals surface area contributed by atoms with Crippen LogP contribution in [0, 0.1) is 0 Å². The van der Waals surface area contributed by atoms with E-state index in [2.05, 4.69) is 32.7 Å². The SMILES string of the molecule is O=C(NCc1ccc(Cl)cc1)c1cn2cc(CCN3CCNCC3)c3cc(CN4CCOCC4)cc(c1=O)c32. The highest BCUT2D eigenvalue weighted by molar-refractivity contribution is 6.30. The normalized spacial score (nSPS) is 17.3. The number of amides is 1. The highest BCUT2D eigenvalue weighted by Gasteiger charge is 2.21. The third-order valence-corrected chi connectivity index (χ3v) is 8.11. The van der Waals surface area contributed by atoms with Gasteiger partial charge in [-0.15, -0.1) is 0 Å². The van der Waals surface area contributed by atoms with Crippen LogP contribution in [-0.4, -0.2) is 79.1 Å². The van der Waals surface area contributed by atoms with Gasteiger partial charge < -0.3 is 24.7 Å². The molecule has 2 aliphatic rings. The number of hydrogen-bond acceptors (Lipinski definition) is 6. The van der Waals surface area contributed by atoms with Gasteiger partial charge in [-0.05, 0) is 47.4 Å². The number of morpholine rings is 1. The standard InChI is InChI=1S/C30H34ClN5O3/c31-24-3-1-21(2-4-24)17-33-30(38)27-20-36-19-23(5-8-34-9-6-32-7-10-34)25-15-22(16-26(28(25)36)29(27)37)18-35-11-13-39-14-12-35/h1-4,15-16,19-20,32H,5-14,17-18H2,(H,33,38). The van der Waals surface area contributed by atoms with E-state index in [0.29, 0.717) is 17.0 Å². The average Bonchev–Trinajstić information content (AvgIpc) is 3.32. The summed E-state index contributed by atoms with van der Waals surface area (Å²) in [5, 5.41) is 8.68. The molecule has 0 aliphatic carbocycles. The molecule has 2 aliphatic heterocycles. The smallest absolute Gasteiger partial charge is 0.257 e. The summed E-state index contributed by atoms with van der Waals surface area (Å²) in [6, 6.07) is 11.5. The summed E-state index contributed by atoms with van der Waals surface area (Å²) < 4.78 is 7.51. The molecule has 4 heterocycles. The third kappa shape index (κ3) is 5.81. The third-order valence-electron chi connectivity index (χ3n) is 7.85. The first-order valence-corrected chi connectivity index (χ1v) is 14.1. The second-order valence-corrected chi connectivity index (χ2v) is 10.9. The minimum absolute atomic E-state index is 0.158. The van der Waals surface area contributed by atoms with Crippen LogP contribution in [0.25, 0.3) is 16.3 Å². The number of pyridine rings is 1. The van der Waals surface area contributed by atoms with Crippen LogP contribution in [0.2, 0.25) is 5.02 Å². The van der Waals surface area contributed by atoms with Crippen molar-refractivity contribution in [2.24, 2.45) is 0 Å². The lowest BCUT2D eigenvalue weighted by Gasteiger charge is -2.27. The van der Waals surface area contributed by atoms with Gasteiger partial charge in [0.25, 0.3) is 5.91 Å². The number of benzene rings is 2. The predicted molar refractivity (Wildman–Crippen MR) is 154 cm³/mol. The molecular formula is C30H34ClN5O3. The highest BCUT2D eigenvalue weighted by atomic mass is 35.5. The molecule has 0 bridgehead atoms. The molecule has 0 saturated carbocycles. The van der Waals surface area contributed by atoms with E-state index < -0.39 is 0 Å². The summed E-state index contributed by atoms with van der Waals surface area (Å²) in [4.78, 5) is 31.8. The quantitative estimate of drug-likeness (QED) is 0.353. The zero-order chi connectivity index (χ0) is 26.8. The molecule has 2 saturated heterocycles. The number of hydrogen-bond donors (Lipinski definition) is 2. The molecule has 6 rings (SSSR count). The molecule has 204 valence electrons. The summed E-state index contributed by atoms with van der Waals surface area (Å²) in [5.41, 5.74) is 4.05. The molecule has 4 aromatic rings. The molecule has 2 aromatic carbocycles. The largest absolute Gasteiger partial charge is 0.379 e. The first-order chi connectivity index (χ1) is 19.0. The first-order valence-electron chi connectivity index (χ1n) is 13.7. The minimum atomic E-state index is -0.372. The van der Waals surface area contributed by atoms with Gasteiger partial charge in [-0.3, -0.25) is 14.5 Å². The van der Waals surface area contributed by atoms with Crippen LogP contribution in [0.1, 0.15) is 27.0 Å². The maximum absolute atomic E-state index is 13.8. The molecule has 0 radical (unpaired) electrons. The van der Waals surface area contributed by atoms with Gasteiger partial charge in [-0.2, -0.15) is 0 Å². The van der Waals surface area contributed by atoms with Gasteiger partial charge in [0.1, 0.15) is 5.56 Å². The van der Waals surface area contributed by atoms with Gasteiger partial charge in [-0.1, -0.05) is 23.7 Å². The molecule has 8 nitrogen and oxygen atoms in total. The molecule has 2 aromatic heterocycles. The van der Waals surface area contributed by atoms with Crippen molar-refractivity contribution in [3.63, 3.8) is 0 Å². The molecule has 2 N–H and O–H groups in total. The highest BCUT2D eigenvalue weighted by Crippen LogP contribution is 2.28. The van der Waals surface area contributed by atoms with Crippen LogP contribution in [0.5, 0.6) is 0 Å². The number of ether oxygens (including phenoxy) is 1. The lowest BCUT2D eigenvalue weighted by atomic mass is 10.0. The van der Waals surface area contributed by atoms with E-state index in [-0.39, 0.29) is 16.9 Å². The summed E-state index contributed by atoms with van der Waals surface area (Å²) in [5.74, 6) is -0.372. The molecule has 0 spiro atoms. The van der Waals surface area contributed by atoms with Gasteiger partial charge in [0, 0.05) is 87.1 Å². The second kappa shape index (κ2) is 11.6. The topological polar surface area (TPSA) is 78.3 Å². The van der Waals surface area contributed by atoms with Crippen LogP contribution in [0.4, 0.5) is 0 Å². The van der Waals surface area contributed by atoms with E-state index in [4.69, 9.17) is 16.3 Å².